The predicted octanol–water partition coefficient (Wildman–Crippen LogP) is 2.63. The van der Waals surface area contributed by atoms with Crippen LogP contribution in [0.5, 0.6) is 0 Å². The van der Waals surface area contributed by atoms with E-state index in [1.54, 1.807) is 6.07 Å². The molecular formula is C10H7ClFNO2. The van der Waals surface area contributed by atoms with Gasteiger partial charge in [0.2, 0.25) is 0 Å². The average molecular weight is 228 g/mol. The Morgan fingerprint density at radius 1 is 1.47 bits per heavy atom. The fourth-order valence-corrected chi connectivity index (χ4v) is 1.37. The molecule has 1 aromatic carbocycles. The van der Waals surface area contributed by atoms with E-state index >= 15 is 0 Å². The molecule has 0 amide bonds. The summed E-state index contributed by atoms with van der Waals surface area (Å²) in [6.45, 7) is -0.205. The van der Waals surface area contributed by atoms with E-state index in [1.807, 2.05) is 0 Å². The molecule has 0 spiro atoms. The van der Waals surface area contributed by atoms with E-state index in [9.17, 15) is 4.39 Å². The topological polar surface area (TPSA) is 46.3 Å². The SMILES string of the molecule is OCc1conc1-c1ccc(Cl)c(F)c1. The summed E-state index contributed by atoms with van der Waals surface area (Å²) in [4.78, 5) is 0. The molecule has 0 radical (unpaired) electrons. The van der Waals surface area contributed by atoms with Gasteiger partial charge < -0.3 is 9.63 Å². The highest BCUT2D eigenvalue weighted by atomic mass is 35.5. The van der Waals surface area contributed by atoms with Crippen LogP contribution in [0.3, 0.4) is 0 Å². The summed E-state index contributed by atoms with van der Waals surface area (Å²) in [7, 11) is 0. The molecule has 0 fully saturated rings. The van der Waals surface area contributed by atoms with Gasteiger partial charge in [0.1, 0.15) is 17.8 Å². The zero-order valence-corrected chi connectivity index (χ0v) is 8.33. The Balaban J connectivity index is 2.50. The fourth-order valence-electron chi connectivity index (χ4n) is 1.25. The van der Waals surface area contributed by atoms with Crippen molar-refractivity contribution >= 4 is 11.6 Å². The summed E-state index contributed by atoms with van der Waals surface area (Å²) in [5, 5.41) is 12.7. The molecule has 2 aromatic rings. The van der Waals surface area contributed by atoms with E-state index in [-0.39, 0.29) is 11.6 Å². The minimum atomic E-state index is -0.527. The highest BCUT2D eigenvalue weighted by Gasteiger charge is 2.11. The maximum atomic E-state index is 13.2. The van der Waals surface area contributed by atoms with Crippen LogP contribution in [-0.2, 0) is 6.61 Å². The molecule has 5 heteroatoms. The summed E-state index contributed by atoms with van der Waals surface area (Å²) in [5.74, 6) is -0.527. The van der Waals surface area contributed by atoms with Gasteiger partial charge >= 0.3 is 0 Å². The summed E-state index contributed by atoms with van der Waals surface area (Å²) in [6.07, 6.45) is 1.32. The molecular weight excluding hydrogens is 221 g/mol. The van der Waals surface area contributed by atoms with Gasteiger partial charge in [0.15, 0.2) is 0 Å². The molecule has 0 aliphatic heterocycles. The molecule has 0 unspecified atom stereocenters. The largest absolute Gasteiger partial charge is 0.391 e. The van der Waals surface area contributed by atoms with E-state index < -0.39 is 5.82 Å². The predicted molar refractivity (Wildman–Crippen MR) is 52.8 cm³/mol. The number of aliphatic hydroxyl groups is 1. The van der Waals surface area contributed by atoms with E-state index in [2.05, 4.69) is 5.16 Å². The molecule has 3 nitrogen and oxygen atoms in total. The quantitative estimate of drug-likeness (QED) is 0.858. The Morgan fingerprint density at radius 3 is 2.93 bits per heavy atom. The molecule has 15 heavy (non-hydrogen) atoms. The molecule has 1 N–H and O–H groups in total. The second-order valence-corrected chi connectivity index (χ2v) is 3.38. The number of hydrogen-bond donors (Lipinski definition) is 1. The smallest absolute Gasteiger partial charge is 0.142 e. The lowest BCUT2D eigenvalue weighted by Crippen LogP contribution is -1.87. The first-order valence-electron chi connectivity index (χ1n) is 4.22. The lowest BCUT2D eigenvalue weighted by atomic mass is 10.1. The van der Waals surface area contributed by atoms with E-state index in [0.717, 1.165) is 0 Å². The molecule has 1 heterocycles. The Labute approximate surface area is 90.1 Å². The number of aliphatic hydroxyl groups excluding tert-OH is 1. The molecule has 0 atom stereocenters. The van der Waals surface area contributed by atoms with E-state index in [4.69, 9.17) is 21.2 Å². The number of aromatic nitrogens is 1. The van der Waals surface area contributed by atoms with Crippen molar-refractivity contribution in [2.75, 3.05) is 0 Å². The maximum Gasteiger partial charge on any atom is 0.142 e. The zero-order chi connectivity index (χ0) is 10.8. The van der Waals surface area contributed by atoms with Gasteiger partial charge in [-0.2, -0.15) is 0 Å². The number of benzene rings is 1. The Morgan fingerprint density at radius 2 is 2.27 bits per heavy atom. The van der Waals surface area contributed by atoms with Crippen molar-refractivity contribution in [1.82, 2.24) is 5.16 Å². The third-order valence-corrected chi connectivity index (χ3v) is 2.31. The Kier molecular flexibility index (Phi) is 2.70. The van der Waals surface area contributed by atoms with Crippen molar-refractivity contribution in [3.05, 3.63) is 40.9 Å². The Hall–Kier alpha value is -1.39. The molecule has 0 bridgehead atoms. The van der Waals surface area contributed by atoms with Crippen LogP contribution in [0.1, 0.15) is 5.56 Å². The first-order chi connectivity index (χ1) is 7.22. The van der Waals surface area contributed by atoms with Crippen molar-refractivity contribution in [2.24, 2.45) is 0 Å². The first kappa shape index (κ1) is 10.1. The van der Waals surface area contributed by atoms with Crippen molar-refractivity contribution < 1.29 is 14.0 Å². The van der Waals surface area contributed by atoms with Crippen molar-refractivity contribution in [3.63, 3.8) is 0 Å². The van der Waals surface area contributed by atoms with Gasteiger partial charge in [-0.3, -0.25) is 0 Å². The van der Waals surface area contributed by atoms with Crippen LogP contribution >= 0.6 is 11.6 Å². The molecule has 0 aliphatic carbocycles. The zero-order valence-electron chi connectivity index (χ0n) is 7.58. The molecule has 0 saturated carbocycles. The number of halogens is 2. The van der Waals surface area contributed by atoms with Gasteiger partial charge in [0, 0.05) is 11.1 Å². The minimum Gasteiger partial charge on any atom is -0.391 e. The van der Waals surface area contributed by atoms with Crippen LogP contribution in [-0.4, -0.2) is 10.3 Å². The second-order valence-electron chi connectivity index (χ2n) is 2.98. The molecule has 78 valence electrons. The van der Waals surface area contributed by atoms with Gasteiger partial charge in [0.05, 0.1) is 11.6 Å². The molecule has 0 aliphatic rings. The monoisotopic (exact) mass is 227 g/mol. The third kappa shape index (κ3) is 1.86. The van der Waals surface area contributed by atoms with Crippen molar-refractivity contribution in [3.8, 4) is 11.3 Å². The van der Waals surface area contributed by atoms with Crippen LogP contribution in [0.4, 0.5) is 4.39 Å². The van der Waals surface area contributed by atoms with Crippen LogP contribution in [0.2, 0.25) is 5.02 Å². The van der Waals surface area contributed by atoms with Crippen LogP contribution in [0.25, 0.3) is 11.3 Å². The molecule has 2 rings (SSSR count). The minimum absolute atomic E-state index is 0.0489. The number of rotatable bonds is 2. The third-order valence-electron chi connectivity index (χ3n) is 2.01. The van der Waals surface area contributed by atoms with Crippen molar-refractivity contribution in [2.45, 2.75) is 6.61 Å². The average Bonchev–Trinajstić information content (AvgIpc) is 2.70. The van der Waals surface area contributed by atoms with Gasteiger partial charge in [-0.15, -0.1) is 0 Å². The standard InChI is InChI=1S/C10H7ClFNO2/c11-8-2-1-6(3-9(8)12)10-7(4-14)5-15-13-10/h1-3,5,14H,4H2. The highest BCUT2D eigenvalue weighted by molar-refractivity contribution is 6.30. The fraction of sp³-hybridized carbons (Fsp3) is 0.100. The van der Waals surface area contributed by atoms with Gasteiger partial charge in [0.25, 0.3) is 0 Å². The van der Waals surface area contributed by atoms with Gasteiger partial charge in [-0.1, -0.05) is 22.8 Å². The summed E-state index contributed by atoms with van der Waals surface area (Å²) >= 11 is 5.55. The highest BCUT2D eigenvalue weighted by Crippen LogP contribution is 2.25. The normalized spacial score (nSPS) is 10.6. The Bertz CT molecular complexity index is 484. The van der Waals surface area contributed by atoms with Crippen LogP contribution in [0.15, 0.2) is 29.0 Å². The summed E-state index contributed by atoms with van der Waals surface area (Å²) < 4.78 is 17.8. The van der Waals surface area contributed by atoms with Crippen molar-refractivity contribution in [1.29, 1.82) is 0 Å². The maximum absolute atomic E-state index is 13.2. The van der Waals surface area contributed by atoms with Crippen LogP contribution < -0.4 is 0 Å². The van der Waals surface area contributed by atoms with Crippen LogP contribution in [0, 0.1) is 5.82 Å². The molecule has 1 aromatic heterocycles. The van der Waals surface area contributed by atoms with E-state index in [0.29, 0.717) is 16.8 Å². The first-order valence-corrected chi connectivity index (χ1v) is 4.59. The number of hydrogen-bond acceptors (Lipinski definition) is 3. The second kappa shape index (κ2) is 4.00. The lowest BCUT2D eigenvalue weighted by Gasteiger charge is -1.99. The summed E-state index contributed by atoms with van der Waals surface area (Å²) in [6, 6.07) is 4.30. The van der Waals surface area contributed by atoms with Gasteiger partial charge in [-0.25, -0.2) is 4.39 Å². The molecule has 0 saturated heterocycles. The van der Waals surface area contributed by atoms with Gasteiger partial charge in [-0.05, 0) is 12.1 Å². The number of nitrogens with zero attached hydrogens (tertiary/aromatic N) is 1. The summed E-state index contributed by atoms with van der Waals surface area (Å²) in [5.41, 5.74) is 1.46. The van der Waals surface area contributed by atoms with E-state index in [1.165, 1.54) is 18.4 Å². The lowest BCUT2D eigenvalue weighted by molar-refractivity contribution is 0.280.